The summed E-state index contributed by atoms with van der Waals surface area (Å²) in [5.41, 5.74) is 2.18. The lowest BCUT2D eigenvalue weighted by Crippen LogP contribution is -2.35. The lowest BCUT2D eigenvalue weighted by Gasteiger charge is -2.12. The molecule has 0 radical (unpaired) electrons. The van der Waals surface area contributed by atoms with Crippen molar-refractivity contribution in [3.05, 3.63) is 69.5 Å². The number of carbonyl (C=O) groups is 1. The largest absolute Gasteiger partial charge is 0.360 e. The van der Waals surface area contributed by atoms with Gasteiger partial charge in [0.15, 0.2) is 0 Å². The molecule has 30 heavy (non-hydrogen) atoms. The molecule has 0 spiro atoms. The number of nitrogens with one attached hydrogen (secondary N) is 3. The summed E-state index contributed by atoms with van der Waals surface area (Å²) in [6.45, 7) is 7.53. The lowest BCUT2D eigenvalue weighted by atomic mass is 10.1. The predicted octanol–water partition coefficient (Wildman–Crippen LogP) is 3.47. The number of sulfonamides is 1. The Morgan fingerprint density at radius 2 is 1.77 bits per heavy atom. The van der Waals surface area contributed by atoms with Gasteiger partial charge in [-0.15, -0.1) is 0 Å². The van der Waals surface area contributed by atoms with Gasteiger partial charge in [0.05, 0.1) is 4.90 Å². The molecule has 8 heteroatoms. The minimum absolute atomic E-state index is 0.0559. The zero-order valence-corrected chi connectivity index (χ0v) is 18.2. The van der Waals surface area contributed by atoms with Crippen LogP contribution in [-0.4, -0.2) is 25.4 Å². The van der Waals surface area contributed by atoms with Crippen LogP contribution in [-0.2, 0) is 10.0 Å². The van der Waals surface area contributed by atoms with Crippen molar-refractivity contribution in [2.45, 2.75) is 45.1 Å². The van der Waals surface area contributed by atoms with Crippen LogP contribution in [0.15, 0.2) is 52.3 Å². The van der Waals surface area contributed by atoms with E-state index < -0.39 is 21.4 Å². The molecule has 0 saturated carbocycles. The fraction of sp³-hybridized carbons (Fsp3) is 0.273. The van der Waals surface area contributed by atoms with Crippen molar-refractivity contribution < 1.29 is 13.2 Å². The quantitative estimate of drug-likeness (QED) is 0.560. The molecule has 0 unspecified atom stereocenters. The molecule has 2 aromatic carbocycles. The van der Waals surface area contributed by atoms with Crippen LogP contribution in [0.3, 0.4) is 0 Å². The molecule has 0 saturated heterocycles. The third-order valence-electron chi connectivity index (χ3n) is 4.87. The number of fused-ring (bicyclic) bond motifs is 1. The van der Waals surface area contributed by atoms with Gasteiger partial charge in [0.2, 0.25) is 5.43 Å². The smallest absolute Gasteiger partial charge is 0.261 e. The highest BCUT2D eigenvalue weighted by molar-refractivity contribution is 7.92. The Balaban J connectivity index is 2.02. The van der Waals surface area contributed by atoms with Gasteiger partial charge in [0.1, 0.15) is 5.56 Å². The standard InChI is InChI=1S/C22H25N3O4S/c1-5-15(4)24-22(27)19-12-23-20-7-6-17(11-18(20)21(19)26)30(28,29)25-16-9-13(2)8-14(3)10-16/h6-12,15,25H,5H2,1-4H3,(H,23,26)(H,24,27)/t15-/m0/s1. The van der Waals surface area contributed by atoms with E-state index in [2.05, 4.69) is 15.0 Å². The molecule has 3 N–H and O–H groups in total. The number of amides is 1. The van der Waals surface area contributed by atoms with Gasteiger partial charge in [0, 0.05) is 28.8 Å². The zero-order valence-electron chi connectivity index (χ0n) is 17.4. The van der Waals surface area contributed by atoms with E-state index in [1.54, 1.807) is 12.1 Å². The molecule has 1 heterocycles. The number of benzene rings is 2. The molecule has 0 aliphatic rings. The Morgan fingerprint density at radius 1 is 1.10 bits per heavy atom. The number of pyridine rings is 1. The molecule has 3 aromatic rings. The van der Waals surface area contributed by atoms with Crippen molar-refractivity contribution in [3.8, 4) is 0 Å². The van der Waals surface area contributed by atoms with Crippen LogP contribution in [0.2, 0.25) is 0 Å². The van der Waals surface area contributed by atoms with Crippen LogP contribution < -0.4 is 15.5 Å². The van der Waals surface area contributed by atoms with Gasteiger partial charge in [-0.3, -0.25) is 14.3 Å². The van der Waals surface area contributed by atoms with Gasteiger partial charge in [-0.1, -0.05) is 13.0 Å². The molecule has 0 fully saturated rings. The highest BCUT2D eigenvalue weighted by atomic mass is 32.2. The molecule has 1 atom stereocenters. The van der Waals surface area contributed by atoms with Crippen LogP contribution in [0.4, 0.5) is 5.69 Å². The first-order valence-corrected chi connectivity index (χ1v) is 11.2. The number of anilines is 1. The van der Waals surface area contributed by atoms with Crippen molar-refractivity contribution in [2.24, 2.45) is 0 Å². The summed E-state index contributed by atoms with van der Waals surface area (Å²) in [5, 5.41) is 2.88. The fourth-order valence-corrected chi connectivity index (χ4v) is 4.25. The van der Waals surface area contributed by atoms with Crippen molar-refractivity contribution in [1.29, 1.82) is 0 Å². The Bertz CT molecular complexity index is 1260. The van der Waals surface area contributed by atoms with E-state index in [0.29, 0.717) is 11.2 Å². The average molecular weight is 428 g/mol. The maximum absolute atomic E-state index is 12.9. The van der Waals surface area contributed by atoms with Crippen molar-refractivity contribution in [1.82, 2.24) is 10.3 Å². The van der Waals surface area contributed by atoms with Gasteiger partial charge in [-0.05, 0) is 68.7 Å². The second kappa shape index (κ2) is 8.31. The first-order chi connectivity index (χ1) is 14.1. The molecule has 1 aromatic heterocycles. The summed E-state index contributed by atoms with van der Waals surface area (Å²) in [4.78, 5) is 28.1. The highest BCUT2D eigenvalue weighted by Crippen LogP contribution is 2.21. The Labute approximate surface area is 175 Å². The molecule has 0 bridgehead atoms. The normalized spacial score (nSPS) is 12.5. The molecular formula is C22H25N3O4S. The molecule has 7 nitrogen and oxygen atoms in total. The second-order valence-corrected chi connectivity index (χ2v) is 9.19. The Hall–Kier alpha value is -3.13. The average Bonchev–Trinajstić information content (AvgIpc) is 2.66. The summed E-state index contributed by atoms with van der Waals surface area (Å²) in [6.07, 6.45) is 2.08. The molecule has 0 aliphatic carbocycles. The van der Waals surface area contributed by atoms with Gasteiger partial charge < -0.3 is 10.3 Å². The number of aryl methyl sites for hydroxylation is 2. The molecular weight excluding hydrogens is 402 g/mol. The van der Waals surface area contributed by atoms with Gasteiger partial charge in [0.25, 0.3) is 15.9 Å². The van der Waals surface area contributed by atoms with Gasteiger partial charge >= 0.3 is 0 Å². The van der Waals surface area contributed by atoms with E-state index in [-0.39, 0.29) is 21.9 Å². The number of carbonyl (C=O) groups excluding carboxylic acids is 1. The maximum atomic E-state index is 12.9. The van der Waals surface area contributed by atoms with E-state index in [1.165, 1.54) is 24.4 Å². The van der Waals surface area contributed by atoms with Crippen LogP contribution >= 0.6 is 0 Å². The van der Waals surface area contributed by atoms with Crippen LogP contribution in [0.5, 0.6) is 0 Å². The molecule has 1 amide bonds. The maximum Gasteiger partial charge on any atom is 0.261 e. The minimum atomic E-state index is -3.91. The minimum Gasteiger partial charge on any atom is -0.360 e. The summed E-state index contributed by atoms with van der Waals surface area (Å²) in [6, 6.07) is 9.55. The van der Waals surface area contributed by atoms with E-state index in [9.17, 15) is 18.0 Å². The number of hydrogen-bond donors (Lipinski definition) is 3. The molecule has 0 aliphatic heterocycles. The van der Waals surface area contributed by atoms with Crippen molar-refractivity contribution >= 4 is 32.5 Å². The van der Waals surface area contributed by atoms with E-state index >= 15 is 0 Å². The van der Waals surface area contributed by atoms with Crippen molar-refractivity contribution in [3.63, 3.8) is 0 Å². The number of aromatic amines is 1. The van der Waals surface area contributed by atoms with Gasteiger partial charge in [-0.25, -0.2) is 8.42 Å². The predicted molar refractivity (Wildman–Crippen MR) is 119 cm³/mol. The third-order valence-corrected chi connectivity index (χ3v) is 6.25. The van der Waals surface area contributed by atoms with E-state index in [0.717, 1.165) is 17.5 Å². The third kappa shape index (κ3) is 4.54. The number of H-pyrrole nitrogens is 1. The lowest BCUT2D eigenvalue weighted by molar-refractivity contribution is 0.0938. The number of rotatable bonds is 6. The van der Waals surface area contributed by atoms with E-state index in [4.69, 9.17) is 0 Å². The SMILES string of the molecule is CC[C@H](C)NC(=O)c1c[nH]c2ccc(S(=O)(=O)Nc3cc(C)cc(C)c3)cc2c1=O. The highest BCUT2D eigenvalue weighted by Gasteiger charge is 2.19. The first kappa shape index (κ1) is 21.6. The topological polar surface area (TPSA) is 108 Å². The summed E-state index contributed by atoms with van der Waals surface area (Å²) in [7, 11) is -3.91. The van der Waals surface area contributed by atoms with Crippen LogP contribution in [0.25, 0.3) is 10.9 Å². The fourth-order valence-electron chi connectivity index (χ4n) is 3.18. The van der Waals surface area contributed by atoms with Crippen LogP contribution in [0.1, 0.15) is 41.8 Å². The summed E-state index contributed by atoms with van der Waals surface area (Å²) in [5.74, 6) is -0.492. The van der Waals surface area contributed by atoms with Crippen LogP contribution in [0, 0.1) is 13.8 Å². The first-order valence-electron chi connectivity index (χ1n) is 9.68. The van der Waals surface area contributed by atoms with Gasteiger partial charge in [-0.2, -0.15) is 0 Å². The van der Waals surface area contributed by atoms with Crippen molar-refractivity contribution in [2.75, 3.05) is 4.72 Å². The number of hydrogen-bond acceptors (Lipinski definition) is 4. The molecule has 158 valence electrons. The van der Waals surface area contributed by atoms with E-state index in [1.807, 2.05) is 33.8 Å². The zero-order chi connectivity index (χ0) is 22.1. The molecule has 3 rings (SSSR count). The monoisotopic (exact) mass is 427 g/mol. The Kier molecular flexibility index (Phi) is 5.98. The Morgan fingerprint density at radius 3 is 2.40 bits per heavy atom. The summed E-state index contributed by atoms with van der Waals surface area (Å²) >= 11 is 0. The number of aromatic nitrogens is 1. The summed E-state index contributed by atoms with van der Waals surface area (Å²) < 4.78 is 28.3. The second-order valence-electron chi connectivity index (χ2n) is 7.50.